The van der Waals surface area contributed by atoms with Crippen LogP contribution in [-0.2, 0) is 14.3 Å². The average molecular weight is 589 g/mol. The van der Waals surface area contributed by atoms with Gasteiger partial charge in [-0.3, -0.25) is 4.79 Å². The van der Waals surface area contributed by atoms with E-state index in [2.05, 4.69) is 62.5 Å². The van der Waals surface area contributed by atoms with E-state index in [0.717, 1.165) is 51.4 Å². The monoisotopic (exact) mass is 589 g/mol. The molecule has 0 aliphatic rings. The number of allylic oxidation sites excluding steroid dienone is 8. The minimum absolute atomic E-state index is 0.193. The third-order valence-corrected chi connectivity index (χ3v) is 7.42. The highest BCUT2D eigenvalue weighted by Crippen LogP contribution is 2.14. The van der Waals surface area contributed by atoms with Gasteiger partial charge in [0.2, 0.25) is 0 Å². The fourth-order valence-electron chi connectivity index (χ4n) is 4.80. The second-order valence-electron chi connectivity index (χ2n) is 11.6. The number of carbonyl (C=O) groups is 1. The van der Waals surface area contributed by atoms with E-state index in [9.17, 15) is 9.90 Å². The Morgan fingerprint density at radius 1 is 0.595 bits per heavy atom. The van der Waals surface area contributed by atoms with Gasteiger partial charge < -0.3 is 14.6 Å². The molecule has 0 radical (unpaired) electrons. The van der Waals surface area contributed by atoms with Crippen molar-refractivity contribution in [3.8, 4) is 0 Å². The summed E-state index contributed by atoms with van der Waals surface area (Å²) in [6, 6.07) is 0. The minimum Gasteiger partial charge on any atom is -0.457 e. The van der Waals surface area contributed by atoms with Crippen molar-refractivity contribution in [1.29, 1.82) is 0 Å². The first kappa shape index (κ1) is 40.4. The molecule has 0 aromatic heterocycles. The molecule has 0 bridgehead atoms. The zero-order chi connectivity index (χ0) is 30.6. The van der Waals surface area contributed by atoms with Gasteiger partial charge in [0, 0.05) is 13.0 Å². The van der Waals surface area contributed by atoms with E-state index in [1.165, 1.54) is 89.9 Å². The second-order valence-corrected chi connectivity index (χ2v) is 11.6. The molecule has 0 saturated carbocycles. The van der Waals surface area contributed by atoms with Crippen LogP contribution in [0.15, 0.2) is 48.6 Å². The number of esters is 1. The molecule has 0 heterocycles. The van der Waals surface area contributed by atoms with E-state index >= 15 is 0 Å². The predicted molar refractivity (Wildman–Crippen MR) is 182 cm³/mol. The maximum atomic E-state index is 12.1. The Morgan fingerprint density at radius 3 is 1.52 bits per heavy atom. The molecule has 1 unspecified atom stereocenters. The number of ether oxygens (including phenoxy) is 2. The maximum Gasteiger partial charge on any atom is 0.306 e. The van der Waals surface area contributed by atoms with Gasteiger partial charge in [-0.1, -0.05) is 159 Å². The van der Waals surface area contributed by atoms with Crippen molar-refractivity contribution in [2.24, 2.45) is 0 Å². The normalized spacial score (nSPS) is 12.9. The lowest BCUT2D eigenvalue weighted by Gasteiger charge is -2.15. The summed E-state index contributed by atoms with van der Waals surface area (Å²) in [4.78, 5) is 12.1. The Kier molecular flexibility index (Phi) is 34.1. The van der Waals surface area contributed by atoms with Crippen molar-refractivity contribution in [2.75, 3.05) is 19.8 Å². The van der Waals surface area contributed by atoms with Crippen LogP contribution in [0.5, 0.6) is 0 Å². The van der Waals surface area contributed by atoms with E-state index < -0.39 is 6.10 Å². The largest absolute Gasteiger partial charge is 0.457 e. The molecule has 42 heavy (non-hydrogen) atoms. The average Bonchev–Trinajstić information content (AvgIpc) is 3.00. The van der Waals surface area contributed by atoms with Crippen molar-refractivity contribution in [1.82, 2.24) is 0 Å². The Balaban J connectivity index is 3.52. The SMILES string of the molecule is CC/C=C\C/C=C\C/C=C\C/C=C\CCCOCC(CO)OC(=O)CCCCCCCCCCCCCCCCCC. The van der Waals surface area contributed by atoms with E-state index in [4.69, 9.17) is 9.47 Å². The number of rotatable bonds is 32. The third kappa shape index (κ3) is 32.9. The van der Waals surface area contributed by atoms with Crippen molar-refractivity contribution in [2.45, 2.75) is 168 Å². The summed E-state index contributed by atoms with van der Waals surface area (Å²) in [5, 5.41) is 9.53. The molecule has 244 valence electrons. The summed E-state index contributed by atoms with van der Waals surface area (Å²) >= 11 is 0. The molecule has 0 saturated heterocycles. The quantitative estimate of drug-likeness (QED) is 0.0482. The lowest BCUT2D eigenvalue weighted by Crippen LogP contribution is -2.27. The van der Waals surface area contributed by atoms with Gasteiger partial charge in [-0.25, -0.2) is 0 Å². The van der Waals surface area contributed by atoms with Crippen LogP contribution in [0, 0.1) is 0 Å². The summed E-state index contributed by atoms with van der Waals surface area (Å²) in [6.45, 7) is 5.10. The molecule has 0 rings (SSSR count). The number of carbonyl (C=O) groups excluding carboxylic acids is 1. The summed E-state index contributed by atoms with van der Waals surface area (Å²) in [7, 11) is 0. The Hall–Kier alpha value is -1.65. The molecular weight excluding hydrogens is 520 g/mol. The molecule has 1 N–H and O–H groups in total. The molecule has 0 aromatic rings. The van der Waals surface area contributed by atoms with Gasteiger partial charge in [-0.15, -0.1) is 0 Å². The molecule has 4 heteroatoms. The first-order valence-corrected chi connectivity index (χ1v) is 17.7. The topological polar surface area (TPSA) is 55.8 Å². The number of aliphatic hydroxyl groups is 1. The standard InChI is InChI=1S/C38H68O4/c1-3-5-7-9-11-13-15-17-19-20-21-23-25-27-29-31-33-38(40)42-37(35-39)36-41-34-32-30-28-26-24-22-18-16-14-12-10-8-6-4-2/h6,8,12,14,18,22,26,28,37,39H,3-5,7,9-11,13,15-17,19-21,23-25,27,29-36H2,1-2H3/b8-6-,14-12-,22-18-,28-26-. The van der Waals surface area contributed by atoms with E-state index in [1.807, 2.05) is 0 Å². The van der Waals surface area contributed by atoms with Crippen molar-refractivity contribution >= 4 is 5.97 Å². The van der Waals surface area contributed by atoms with Crippen LogP contribution in [-0.4, -0.2) is 37.0 Å². The lowest BCUT2D eigenvalue weighted by atomic mass is 10.0. The Labute approximate surface area is 261 Å². The highest BCUT2D eigenvalue weighted by atomic mass is 16.6. The number of hydrogen-bond acceptors (Lipinski definition) is 4. The molecule has 0 fully saturated rings. The fraction of sp³-hybridized carbons (Fsp3) is 0.763. The molecule has 1 atom stereocenters. The number of aliphatic hydroxyl groups excluding tert-OH is 1. The maximum absolute atomic E-state index is 12.1. The van der Waals surface area contributed by atoms with Crippen LogP contribution in [0.3, 0.4) is 0 Å². The number of hydrogen-bond donors (Lipinski definition) is 1. The van der Waals surface area contributed by atoms with Crippen LogP contribution in [0.2, 0.25) is 0 Å². The summed E-state index contributed by atoms with van der Waals surface area (Å²) in [5.74, 6) is -0.220. The van der Waals surface area contributed by atoms with Gasteiger partial charge in [0.1, 0.15) is 6.10 Å². The highest BCUT2D eigenvalue weighted by molar-refractivity contribution is 5.69. The minimum atomic E-state index is -0.559. The Morgan fingerprint density at radius 2 is 1.05 bits per heavy atom. The Bertz CT molecular complexity index is 664. The number of unbranched alkanes of at least 4 members (excludes halogenated alkanes) is 16. The van der Waals surface area contributed by atoms with E-state index in [-0.39, 0.29) is 19.2 Å². The molecular formula is C38H68O4. The van der Waals surface area contributed by atoms with Crippen LogP contribution in [0.1, 0.15) is 162 Å². The van der Waals surface area contributed by atoms with Crippen LogP contribution >= 0.6 is 0 Å². The van der Waals surface area contributed by atoms with Crippen LogP contribution in [0.25, 0.3) is 0 Å². The summed E-state index contributed by atoms with van der Waals surface area (Å²) < 4.78 is 11.0. The van der Waals surface area contributed by atoms with E-state index in [1.54, 1.807) is 0 Å². The molecule has 0 aromatic carbocycles. The van der Waals surface area contributed by atoms with Crippen molar-refractivity contribution < 1.29 is 19.4 Å². The van der Waals surface area contributed by atoms with Gasteiger partial charge in [-0.2, -0.15) is 0 Å². The first-order chi connectivity index (χ1) is 20.7. The third-order valence-electron chi connectivity index (χ3n) is 7.42. The smallest absolute Gasteiger partial charge is 0.306 e. The second kappa shape index (κ2) is 35.5. The highest BCUT2D eigenvalue weighted by Gasteiger charge is 2.13. The molecule has 0 spiro atoms. The first-order valence-electron chi connectivity index (χ1n) is 17.7. The predicted octanol–water partition coefficient (Wildman–Crippen LogP) is 11.1. The van der Waals surface area contributed by atoms with Gasteiger partial charge >= 0.3 is 5.97 Å². The zero-order valence-electron chi connectivity index (χ0n) is 27.8. The van der Waals surface area contributed by atoms with Crippen molar-refractivity contribution in [3.63, 3.8) is 0 Å². The fourth-order valence-corrected chi connectivity index (χ4v) is 4.80. The molecule has 0 aliphatic carbocycles. The van der Waals surface area contributed by atoms with E-state index in [0.29, 0.717) is 13.0 Å². The van der Waals surface area contributed by atoms with Gasteiger partial charge in [0.05, 0.1) is 13.2 Å². The van der Waals surface area contributed by atoms with Gasteiger partial charge in [0.25, 0.3) is 0 Å². The lowest BCUT2D eigenvalue weighted by molar-refractivity contribution is -0.154. The summed E-state index contributed by atoms with van der Waals surface area (Å²) in [6.07, 6.45) is 44.4. The molecule has 4 nitrogen and oxygen atoms in total. The van der Waals surface area contributed by atoms with Crippen LogP contribution in [0.4, 0.5) is 0 Å². The van der Waals surface area contributed by atoms with Crippen LogP contribution < -0.4 is 0 Å². The van der Waals surface area contributed by atoms with Crippen molar-refractivity contribution in [3.05, 3.63) is 48.6 Å². The summed E-state index contributed by atoms with van der Waals surface area (Å²) in [5.41, 5.74) is 0. The van der Waals surface area contributed by atoms with Gasteiger partial charge in [-0.05, 0) is 44.9 Å². The molecule has 0 amide bonds. The molecule has 0 aliphatic heterocycles. The van der Waals surface area contributed by atoms with Gasteiger partial charge in [0.15, 0.2) is 0 Å². The zero-order valence-corrected chi connectivity index (χ0v) is 27.8.